The number of carboxylic acid groups (broad SMARTS) is 1. The van der Waals surface area contributed by atoms with Crippen molar-refractivity contribution in [1.82, 2.24) is 4.98 Å². The van der Waals surface area contributed by atoms with E-state index in [-0.39, 0.29) is 12.2 Å². The van der Waals surface area contributed by atoms with Gasteiger partial charge in [-0.15, -0.1) is 11.3 Å². The number of hydrogen-bond acceptors (Lipinski definition) is 5. The summed E-state index contributed by atoms with van der Waals surface area (Å²) in [6.07, 6.45) is 3.05. The molecule has 1 fully saturated rings. The van der Waals surface area contributed by atoms with Crippen LogP contribution in [0.3, 0.4) is 0 Å². The smallest absolute Gasteiger partial charge is 0.305 e. The summed E-state index contributed by atoms with van der Waals surface area (Å²) in [5.74, 6) is -1.03. The van der Waals surface area contributed by atoms with Crippen molar-refractivity contribution in [3.63, 3.8) is 0 Å². The minimum absolute atomic E-state index is 0.0479. The number of benzene rings is 1. The van der Waals surface area contributed by atoms with Crippen LogP contribution in [-0.2, 0) is 19.4 Å². The molecule has 0 unspecified atom stereocenters. The minimum Gasteiger partial charge on any atom is -0.481 e. The van der Waals surface area contributed by atoms with Crippen molar-refractivity contribution in [2.75, 3.05) is 5.75 Å². The molecule has 2 aromatic heterocycles. The van der Waals surface area contributed by atoms with Crippen LogP contribution in [-0.4, -0.2) is 30.2 Å². The molecule has 150 valence electrons. The van der Waals surface area contributed by atoms with E-state index in [9.17, 15) is 18.3 Å². The highest BCUT2D eigenvalue weighted by molar-refractivity contribution is 7.92. The standard InChI is InChI=1S/C22H21NO4S2/c24-21(25)15-22(12-2-4-14-29(22,26)27)20-11-10-19(28-20)17-8-6-16(7-9-17)18-5-1-3-13-23-18/h1,3,5-11,13H,2,4,12,14-15H2,(H,24,25)/t22-/m0/s1. The Bertz CT molecular complexity index is 1120. The van der Waals surface area contributed by atoms with Crippen LogP contribution in [0.15, 0.2) is 60.8 Å². The fraction of sp³-hybridized carbons (Fsp3) is 0.273. The summed E-state index contributed by atoms with van der Waals surface area (Å²) in [5.41, 5.74) is 2.86. The molecule has 3 heterocycles. The number of pyridine rings is 1. The predicted molar refractivity (Wildman–Crippen MR) is 115 cm³/mol. The van der Waals surface area contributed by atoms with Crippen LogP contribution in [0, 0.1) is 0 Å². The molecule has 3 aromatic rings. The molecule has 0 radical (unpaired) electrons. The number of carbonyl (C=O) groups is 1. The van der Waals surface area contributed by atoms with E-state index in [1.165, 1.54) is 11.3 Å². The average Bonchev–Trinajstić information content (AvgIpc) is 3.21. The highest BCUT2D eigenvalue weighted by Crippen LogP contribution is 2.47. The van der Waals surface area contributed by atoms with E-state index in [0.717, 1.165) is 28.1 Å². The number of hydrogen-bond donors (Lipinski definition) is 1. The van der Waals surface area contributed by atoms with Crippen molar-refractivity contribution in [1.29, 1.82) is 0 Å². The van der Waals surface area contributed by atoms with Gasteiger partial charge in [-0.3, -0.25) is 9.78 Å². The molecule has 1 N–H and O–H groups in total. The third kappa shape index (κ3) is 3.72. The summed E-state index contributed by atoms with van der Waals surface area (Å²) in [6.45, 7) is 0. The molecule has 0 bridgehead atoms. The van der Waals surface area contributed by atoms with Crippen LogP contribution in [0.25, 0.3) is 21.7 Å². The van der Waals surface area contributed by atoms with Crippen molar-refractivity contribution in [2.45, 2.75) is 30.4 Å². The second kappa shape index (κ2) is 7.72. The molecule has 0 amide bonds. The Labute approximate surface area is 174 Å². The molecular weight excluding hydrogens is 406 g/mol. The third-order valence-corrected chi connectivity index (χ3v) is 9.51. The fourth-order valence-corrected chi connectivity index (χ4v) is 7.71. The van der Waals surface area contributed by atoms with Crippen molar-refractivity contribution >= 4 is 27.1 Å². The maximum atomic E-state index is 12.9. The van der Waals surface area contributed by atoms with Crippen LogP contribution in [0.5, 0.6) is 0 Å². The van der Waals surface area contributed by atoms with Gasteiger partial charge in [-0.25, -0.2) is 8.42 Å². The predicted octanol–water partition coefficient (Wildman–Crippen LogP) is 4.75. The molecule has 0 aliphatic carbocycles. The Morgan fingerprint density at radius 2 is 1.79 bits per heavy atom. The van der Waals surface area contributed by atoms with Gasteiger partial charge in [-0.05, 0) is 42.7 Å². The number of carboxylic acids is 1. The van der Waals surface area contributed by atoms with E-state index in [1.54, 1.807) is 12.3 Å². The van der Waals surface area contributed by atoms with Gasteiger partial charge in [-0.2, -0.15) is 0 Å². The molecule has 4 rings (SSSR count). The van der Waals surface area contributed by atoms with Gasteiger partial charge in [0.1, 0.15) is 4.75 Å². The summed E-state index contributed by atoms with van der Waals surface area (Å²) >= 11 is 1.38. The average molecular weight is 428 g/mol. The molecule has 1 saturated heterocycles. The lowest BCUT2D eigenvalue weighted by Crippen LogP contribution is -2.41. The summed E-state index contributed by atoms with van der Waals surface area (Å²) in [4.78, 5) is 17.4. The van der Waals surface area contributed by atoms with Gasteiger partial charge in [0.2, 0.25) is 0 Å². The first-order valence-electron chi connectivity index (χ1n) is 9.48. The zero-order valence-corrected chi connectivity index (χ0v) is 17.4. The quantitative estimate of drug-likeness (QED) is 0.635. The molecule has 1 aromatic carbocycles. The third-order valence-electron chi connectivity index (χ3n) is 5.46. The Morgan fingerprint density at radius 1 is 1.03 bits per heavy atom. The van der Waals surface area contributed by atoms with Gasteiger partial charge >= 0.3 is 5.97 Å². The normalized spacial score (nSPS) is 21.0. The SMILES string of the molecule is O=C(O)C[C@]1(c2ccc(-c3ccc(-c4ccccn4)cc3)s2)CCCCS1(=O)=O. The van der Waals surface area contributed by atoms with Gasteiger partial charge in [0.15, 0.2) is 9.84 Å². The van der Waals surface area contributed by atoms with Crippen LogP contribution in [0.1, 0.15) is 30.6 Å². The van der Waals surface area contributed by atoms with Crippen LogP contribution < -0.4 is 0 Å². The van der Waals surface area contributed by atoms with Gasteiger partial charge in [0, 0.05) is 21.5 Å². The maximum absolute atomic E-state index is 12.9. The molecule has 1 aliphatic rings. The minimum atomic E-state index is -3.52. The largest absolute Gasteiger partial charge is 0.481 e. The second-order valence-electron chi connectivity index (χ2n) is 7.30. The lowest BCUT2D eigenvalue weighted by Gasteiger charge is -2.34. The van der Waals surface area contributed by atoms with E-state index >= 15 is 0 Å². The molecule has 29 heavy (non-hydrogen) atoms. The van der Waals surface area contributed by atoms with Crippen LogP contribution in [0.4, 0.5) is 0 Å². The van der Waals surface area contributed by atoms with Gasteiger partial charge in [0.25, 0.3) is 0 Å². The number of aliphatic carboxylic acids is 1. The number of aromatic nitrogens is 1. The first kappa shape index (κ1) is 19.8. The topological polar surface area (TPSA) is 84.3 Å². The molecule has 1 atom stereocenters. The van der Waals surface area contributed by atoms with E-state index < -0.39 is 20.6 Å². The van der Waals surface area contributed by atoms with E-state index in [2.05, 4.69) is 4.98 Å². The first-order valence-corrected chi connectivity index (χ1v) is 11.9. The zero-order valence-electron chi connectivity index (χ0n) is 15.7. The number of sulfone groups is 1. The molecule has 1 aliphatic heterocycles. The van der Waals surface area contributed by atoms with Gasteiger partial charge < -0.3 is 5.11 Å². The molecule has 5 nitrogen and oxygen atoms in total. The Morgan fingerprint density at radius 3 is 2.45 bits per heavy atom. The Hall–Kier alpha value is -2.51. The van der Waals surface area contributed by atoms with Crippen molar-refractivity contribution in [3.05, 3.63) is 65.7 Å². The molecule has 0 saturated carbocycles. The van der Waals surface area contributed by atoms with Crippen molar-refractivity contribution in [2.24, 2.45) is 0 Å². The maximum Gasteiger partial charge on any atom is 0.305 e. The van der Waals surface area contributed by atoms with Crippen LogP contribution in [0.2, 0.25) is 0 Å². The number of thiophene rings is 1. The fourth-order valence-electron chi connectivity index (χ4n) is 3.94. The van der Waals surface area contributed by atoms with Gasteiger partial charge in [0.05, 0.1) is 17.9 Å². The highest BCUT2D eigenvalue weighted by atomic mass is 32.2. The Balaban J connectivity index is 1.69. The highest BCUT2D eigenvalue weighted by Gasteiger charge is 2.49. The summed E-state index contributed by atoms with van der Waals surface area (Å²) in [6, 6.07) is 17.4. The van der Waals surface area contributed by atoms with E-state index in [4.69, 9.17) is 0 Å². The Kier molecular flexibility index (Phi) is 5.27. The summed E-state index contributed by atoms with van der Waals surface area (Å²) in [5, 5.41) is 9.42. The monoisotopic (exact) mass is 427 g/mol. The second-order valence-corrected chi connectivity index (χ2v) is 10.8. The molecule has 7 heteroatoms. The summed E-state index contributed by atoms with van der Waals surface area (Å²) < 4.78 is 24.5. The van der Waals surface area contributed by atoms with Crippen molar-refractivity contribution < 1.29 is 18.3 Å². The number of nitrogens with zero attached hydrogens (tertiary/aromatic N) is 1. The molecule has 0 spiro atoms. The van der Waals surface area contributed by atoms with Gasteiger partial charge in [-0.1, -0.05) is 36.8 Å². The first-order chi connectivity index (χ1) is 13.9. The van der Waals surface area contributed by atoms with Crippen molar-refractivity contribution in [3.8, 4) is 21.7 Å². The van der Waals surface area contributed by atoms with E-state index in [0.29, 0.717) is 17.7 Å². The lowest BCUT2D eigenvalue weighted by molar-refractivity contribution is -0.137. The number of rotatable bonds is 5. The zero-order chi connectivity index (χ0) is 20.5. The molecular formula is C22H21NO4S2. The van der Waals surface area contributed by atoms with Crippen LogP contribution >= 0.6 is 11.3 Å². The lowest BCUT2D eigenvalue weighted by atomic mass is 9.95. The summed E-state index contributed by atoms with van der Waals surface area (Å²) in [7, 11) is -3.52. The van der Waals surface area contributed by atoms with E-state index in [1.807, 2.05) is 48.5 Å².